The molecule has 5 aliphatic rings. The van der Waals surface area contributed by atoms with Crippen LogP contribution in [0.3, 0.4) is 0 Å². The first-order valence-electron chi connectivity index (χ1n) is 14.5. The molecule has 0 spiro atoms. The maximum absolute atomic E-state index is 13.6. The molecular formula is C33H38F2N2O. The molecule has 4 aliphatic carbocycles. The van der Waals surface area contributed by atoms with E-state index in [-0.39, 0.29) is 29.1 Å². The Labute approximate surface area is 225 Å². The molecule has 38 heavy (non-hydrogen) atoms. The van der Waals surface area contributed by atoms with Crippen LogP contribution in [-0.4, -0.2) is 22.4 Å². The van der Waals surface area contributed by atoms with Crippen molar-refractivity contribution < 1.29 is 13.6 Å². The van der Waals surface area contributed by atoms with Gasteiger partial charge in [0.1, 0.15) is 0 Å². The highest BCUT2D eigenvalue weighted by molar-refractivity contribution is 5.94. The monoisotopic (exact) mass is 516 g/mol. The topological polar surface area (TPSA) is 32.3 Å². The van der Waals surface area contributed by atoms with Gasteiger partial charge in [0, 0.05) is 22.8 Å². The minimum Gasteiger partial charge on any atom is -0.380 e. The summed E-state index contributed by atoms with van der Waals surface area (Å²) in [6.45, 7) is 2.12. The van der Waals surface area contributed by atoms with Gasteiger partial charge in [0.25, 0.3) is 12.3 Å². The smallest absolute Gasteiger partial charge is 0.299 e. The summed E-state index contributed by atoms with van der Waals surface area (Å²) >= 11 is 0. The fraction of sp³-hybridized carbons (Fsp3) is 0.545. The van der Waals surface area contributed by atoms with Gasteiger partial charge in [-0.05, 0) is 110 Å². The maximum Gasteiger partial charge on any atom is 0.299 e. The molecule has 1 N–H and O–H groups in total. The number of terminal acetylenes is 1. The summed E-state index contributed by atoms with van der Waals surface area (Å²) in [5.41, 5.74) is 4.13. The van der Waals surface area contributed by atoms with E-state index in [1.54, 1.807) is 12.1 Å². The van der Waals surface area contributed by atoms with E-state index < -0.39 is 6.43 Å². The number of alkyl halides is 2. The van der Waals surface area contributed by atoms with Gasteiger partial charge in [-0.15, -0.1) is 6.42 Å². The quantitative estimate of drug-likeness (QED) is 0.383. The first-order valence-corrected chi connectivity index (χ1v) is 14.5. The van der Waals surface area contributed by atoms with Crippen LogP contribution < -0.4 is 5.32 Å². The SMILES string of the molecule is C#CC(=O)N1[C@@H](CCCC)Cc2cc(C(F)F)ccc2[C@H]1c1ccc(NC23CC4CC(CC(C4)C2)C3)cc1. The van der Waals surface area contributed by atoms with Crippen LogP contribution in [-0.2, 0) is 11.2 Å². The summed E-state index contributed by atoms with van der Waals surface area (Å²) in [4.78, 5) is 15.0. The number of nitrogens with zero attached hydrogens (tertiary/aromatic N) is 1. The van der Waals surface area contributed by atoms with Crippen molar-refractivity contribution in [1.82, 2.24) is 4.90 Å². The average Bonchev–Trinajstić information content (AvgIpc) is 2.89. The van der Waals surface area contributed by atoms with Gasteiger partial charge in [-0.1, -0.05) is 44.0 Å². The number of halogens is 2. The number of rotatable bonds is 7. The van der Waals surface area contributed by atoms with E-state index in [9.17, 15) is 13.6 Å². The normalized spacial score (nSPS) is 31.2. The maximum atomic E-state index is 13.6. The van der Waals surface area contributed by atoms with Crippen molar-refractivity contribution in [1.29, 1.82) is 0 Å². The van der Waals surface area contributed by atoms with Crippen molar-refractivity contribution in [2.75, 3.05) is 5.32 Å². The van der Waals surface area contributed by atoms with Crippen LogP contribution in [0.4, 0.5) is 14.5 Å². The third-order valence-corrected chi connectivity index (χ3v) is 9.76. The van der Waals surface area contributed by atoms with E-state index >= 15 is 0 Å². The second-order valence-electron chi connectivity index (χ2n) is 12.5. The molecule has 2 aromatic rings. The summed E-state index contributed by atoms with van der Waals surface area (Å²) in [7, 11) is 0. The van der Waals surface area contributed by atoms with Gasteiger partial charge in [0.2, 0.25) is 0 Å². The highest BCUT2D eigenvalue weighted by atomic mass is 19.3. The molecule has 2 aromatic carbocycles. The van der Waals surface area contributed by atoms with Crippen LogP contribution in [0.25, 0.3) is 0 Å². The van der Waals surface area contributed by atoms with E-state index in [4.69, 9.17) is 6.42 Å². The van der Waals surface area contributed by atoms with E-state index in [1.807, 2.05) is 4.90 Å². The number of carbonyl (C=O) groups is 1. The van der Waals surface area contributed by atoms with E-state index in [0.717, 1.165) is 59.4 Å². The molecule has 1 aliphatic heterocycles. The van der Waals surface area contributed by atoms with Gasteiger partial charge in [0.15, 0.2) is 0 Å². The van der Waals surface area contributed by atoms with Crippen LogP contribution in [0.1, 0.15) is 99.4 Å². The first-order chi connectivity index (χ1) is 18.4. The van der Waals surface area contributed by atoms with Crippen molar-refractivity contribution in [2.24, 2.45) is 17.8 Å². The lowest BCUT2D eigenvalue weighted by atomic mass is 9.53. The molecule has 0 radical (unpaired) electrons. The van der Waals surface area contributed by atoms with Crippen LogP contribution >= 0.6 is 0 Å². The number of hydrogen-bond donors (Lipinski definition) is 1. The molecule has 7 rings (SSSR count). The van der Waals surface area contributed by atoms with E-state index in [0.29, 0.717) is 6.42 Å². The molecule has 4 bridgehead atoms. The molecule has 3 nitrogen and oxygen atoms in total. The van der Waals surface area contributed by atoms with Gasteiger partial charge < -0.3 is 10.2 Å². The average molecular weight is 517 g/mol. The molecule has 2 atom stereocenters. The summed E-state index contributed by atoms with van der Waals surface area (Å²) in [6.07, 6.45) is 14.5. The van der Waals surface area contributed by atoms with Crippen molar-refractivity contribution in [2.45, 2.75) is 95.2 Å². The molecule has 5 heteroatoms. The van der Waals surface area contributed by atoms with Crippen LogP contribution in [0.2, 0.25) is 0 Å². The number of nitrogens with one attached hydrogen (secondary N) is 1. The highest BCUT2D eigenvalue weighted by Crippen LogP contribution is 2.56. The third-order valence-electron chi connectivity index (χ3n) is 9.76. The van der Waals surface area contributed by atoms with Crippen LogP contribution in [0.5, 0.6) is 0 Å². The van der Waals surface area contributed by atoms with Gasteiger partial charge in [-0.2, -0.15) is 0 Å². The predicted octanol–water partition coefficient (Wildman–Crippen LogP) is 7.67. The van der Waals surface area contributed by atoms with Gasteiger partial charge in [-0.3, -0.25) is 4.79 Å². The lowest BCUT2D eigenvalue weighted by Crippen LogP contribution is -2.54. The van der Waals surface area contributed by atoms with Crippen LogP contribution in [0, 0.1) is 30.1 Å². The summed E-state index contributed by atoms with van der Waals surface area (Å²) < 4.78 is 27.1. The zero-order valence-corrected chi connectivity index (χ0v) is 22.3. The Hall–Kier alpha value is -2.87. The molecule has 1 heterocycles. The largest absolute Gasteiger partial charge is 0.380 e. The zero-order valence-electron chi connectivity index (χ0n) is 22.3. The molecule has 0 saturated heterocycles. The minimum absolute atomic E-state index is 0.0311. The fourth-order valence-corrected chi connectivity index (χ4v) is 8.62. The number of hydrogen-bond acceptors (Lipinski definition) is 2. The second kappa shape index (κ2) is 10.0. The number of unbranched alkanes of at least 4 members (excludes halogenated alkanes) is 1. The van der Waals surface area contributed by atoms with Crippen molar-refractivity contribution in [3.63, 3.8) is 0 Å². The zero-order chi connectivity index (χ0) is 26.4. The number of carbonyl (C=O) groups excluding carboxylic acids is 1. The molecule has 4 saturated carbocycles. The van der Waals surface area contributed by atoms with Gasteiger partial charge in [0.05, 0.1) is 6.04 Å². The Morgan fingerprint density at radius 1 is 1.08 bits per heavy atom. The minimum atomic E-state index is -2.52. The molecular weight excluding hydrogens is 478 g/mol. The summed E-state index contributed by atoms with van der Waals surface area (Å²) in [5.74, 6) is 4.62. The second-order valence-corrected chi connectivity index (χ2v) is 12.5. The summed E-state index contributed by atoms with van der Waals surface area (Å²) in [6, 6.07) is 12.9. The van der Waals surface area contributed by atoms with Crippen molar-refractivity contribution in [3.05, 3.63) is 64.7 Å². The van der Waals surface area contributed by atoms with Gasteiger partial charge in [-0.25, -0.2) is 8.78 Å². The predicted molar refractivity (Wildman–Crippen MR) is 147 cm³/mol. The van der Waals surface area contributed by atoms with E-state index in [2.05, 4.69) is 42.4 Å². The van der Waals surface area contributed by atoms with E-state index in [1.165, 1.54) is 44.6 Å². The molecule has 1 amide bonds. The van der Waals surface area contributed by atoms with Crippen LogP contribution in [0.15, 0.2) is 42.5 Å². The van der Waals surface area contributed by atoms with Gasteiger partial charge >= 0.3 is 0 Å². The third kappa shape index (κ3) is 4.61. The van der Waals surface area contributed by atoms with Crippen molar-refractivity contribution in [3.8, 4) is 12.3 Å². The Balaban J connectivity index is 1.33. The Bertz CT molecular complexity index is 1200. The Kier molecular flexibility index (Phi) is 6.70. The fourth-order valence-electron chi connectivity index (χ4n) is 8.62. The number of amides is 1. The Morgan fingerprint density at radius 3 is 2.32 bits per heavy atom. The molecule has 0 unspecified atom stereocenters. The molecule has 0 aromatic heterocycles. The summed E-state index contributed by atoms with van der Waals surface area (Å²) in [5, 5.41) is 3.94. The molecule has 4 fully saturated rings. The highest BCUT2D eigenvalue weighted by Gasteiger charge is 2.51. The lowest BCUT2D eigenvalue weighted by Gasteiger charge is -2.57. The lowest BCUT2D eigenvalue weighted by molar-refractivity contribution is -0.130. The number of benzene rings is 2. The Morgan fingerprint density at radius 2 is 1.74 bits per heavy atom. The standard InChI is InChI=1S/C33H38F2N2O/c1-3-5-6-28-17-26-16-25(32(34)35)9-12-29(26)31(37(28)30(38)4-2)24-7-10-27(11-8-24)36-33-18-21-13-22(19-33)15-23(14-21)20-33/h2,7-12,16,21-23,28,31-32,36H,3,5-6,13-15,17-20H2,1H3/t21?,22?,23?,28-,31+,33?/m0/s1. The number of anilines is 1. The number of fused-ring (bicyclic) bond motifs is 1. The molecule has 200 valence electrons. The van der Waals surface area contributed by atoms with Crippen molar-refractivity contribution >= 4 is 11.6 Å². The first kappa shape index (κ1) is 25.4.